The van der Waals surface area contributed by atoms with E-state index in [1.54, 1.807) is 6.20 Å². The molecule has 40 valence electrons. The quantitative estimate of drug-likeness (QED) is 0.408. The molecule has 0 amide bonds. The van der Waals surface area contributed by atoms with E-state index in [0.29, 0.717) is 0 Å². The van der Waals surface area contributed by atoms with Crippen LogP contribution >= 0.6 is 0 Å². The summed E-state index contributed by atoms with van der Waals surface area (Å²) in [6.45, 7) is 0. The number of hydrogen-bond acceptors (Lipinski definition) is 1. The molecule has 0 aromatic carbocycles. The molecule has 0 atom stereocenters. The van der Waals surface area contributed by atoms with E-state index >= 15 is 0 Å². The van der Waals surface area contributed by atoms with Crippen molar-refractivity contribution in [3.63, 3.8) is 0 Å². The van der Waals surface area contributed by atoms with E-state index < -0.39 is 0 Å². The summed E-state index contributed by atoms with van der Waals surface area (Å²) >= 11 is 0. The molecule has 0 N–H and O–H groups in total. The van der Waals surface area contributed by atoms with Crippen LogP contribution in [0, 0.1) is 6.33 Å². The van der Waals surface area contributed by atoms with Crippen LogP contribution in [0.3, 0.4) is 0 Å². The van der Waals surface area contributed by atoms with E-state index in [2.05, 4.69) is 11.3 Å². The summed E-state index contributed by atoms with van der Waals surface area (Å²) in [7, 11) is 0. The van der Waals surface area contributed by atoms with Gasteiger partial charge in [-0.05, 0) is 0 Å². The second-order valence-corrected chi connectivity index (χ2v) is 1.05. The van der Waals surface area contributed by atoms with Gasteiger partial charge in [0.1, 0.15) is 0 Å². The summed E-state index contributed by atoms with van der Waals surface area (Å²) < 4.78 is 1.32. The first kappa shape index (κ1) is 7.57. The minimum absolute atomic E-state index is 0. The van der Waals surface area contributed by atoms with Gasteiger partial charge in [0, 0.05) is 0 Å². The second-order valence-electron chi connectivity index (χ2n) is 1.05. The van der Waals surface area contributed by atoms with Crippen molar-refractivity contribution in [3.05, 3.63) is 24.1 Å². The predicted molar refractivity (Wildman–Crippen MR) is 25.9 cm³/mol. The molecule has 0 saturated heterocycles. The van der Waals surface area contributed by atoms with E-state index in [0.717, 1.165) is 6.34 Å². The van der Waals surface area contributed by atoms with Crippen molar-refractivity contribution in [2.45, 2.75) is 0 Å². The molecule has 0 aliphatic rings. The van der Waals surface area contributed by atoms with Gasteiger partial charge in [-0.15, -0.1) is 0 Å². The molecule has 0 fully saturated rings. The van der Waals surface area contributed by atoms with Crippen molar-refractivity contribution >= 4 is 6.34 Å². The summed E-state index contributed by atoms with van der Waals surface area (Å²) in [5, 5.41) is 8.19. The van der Waals surface area contributed by atoms with Crippen LogP contribution in [0.4, 0.5) is 0 Å². The van der Waals surface area contributed by atoms with Crippen molar-refractivity contribution in [1.29, 1.82) is 0 Å². The zero-order chi connectivity index (χ0) is 5.11. The largest absolute Gasteiger partial charge is 2.00 e. The minimum Gasteiger partial charge on any atom is -0.540 e. The van der Waals surface area contributed by atoms with Gasteiger partial charge in [-0.2, -0.15) is 12.5 Å². The van der Waals surface area contributed by atoms with Crippen molar-refractivity contribution < 1.29 is 21.1 Å². The van der Waals surface area contributed by atoms with E-state index in [9.17, 15) is 0 Å². The Morgan fingerprint density at radius 2 is 2.50 bits per heavy atom. The molecule has 0 unspecified atom stereocenters. The third-order valence-electron chi connectivity index (χ3n) is 0.599. The number of aromatic nitrogens is 2. The van der Waals surface area contributed by atoms with Gasteiger partial charge in [-0.25, -0.2) is 0 Å². The Morgan fingerprint density at radius 3 is 2.75 bits per heavy atom. The van der Waals surface area contributed by atoms with Gasteiger partial charge in [0.25, 0.3) is 0 Å². The number of imidazole rings is 1. The topological polar surface area (TPSA) is 40.1 Å². The summed E-state index contributed by atoms with van der Waals surface area (Å²) in [6, 6.07) is 0. The van der Waals surface area contributed by atoms with Crippen LogP contribution in [0.1, 0.15) is 0 Å². The van der Waals surface area contributed by atoms with Crippen molar-refractivity contribution in [3.8, 4) is 0 Å². The SMILES string of the molecule is [N-]=Cn1[c-]ncc1.[W+2]. The van der Waals surface area contributed by atoms with Crippen molar-refractivity contribution in [1.82, 2.24) is 9.55 Å². The third-order valence-corrected chi connectivity index (χ3v) is 0.599. The molecule has 0 spiro atoms. The van der Waals surface area contributed by atoms with Gasteiger partial charge in [0.2, 0.25) is 0 Å². The van der Waals surface area contributed by atoms with E-state index in [1.807, 2.05) is 0 Å². The molecule has 0 aliphatic carbocycles. The molecule has 0 saturated carbocycles. The zero-order valence-corrected chi connectivity index (χ0v) is 6.92. The van der Waals surface area contributed by atoms with Gasteiger partial charge in [-0.1, -0.05) is 12.5 Å². The molecular weight excluding hydrogens is 274 g/mol. The average Bonchev–Trinajstić information content (AvgIpc) is 2.14. The zero-order valence-electron chi connectivity index (χ0n) is 3.98. The Bertz CT molecular complexity index is 146. The Hall–Kier alpha value is -0.432. The van der Waals surface area contributed by atoms with E-state index in [1.165, 1.54) is 10.8 Å². The third kappa shape index (κ3) is 1.58. The van der Waals surface area contributed by atoms with Crippen LogP contribution < -0.4 is 0 Å². The monoisotopic (exact) mass is 277 g/mol. The normalized spacial score (nSPS) is 7.50. The van der Waals surface area contributed by atoms with Crippen LogP contribution in [0.5, 0.6) is 0 Å². The summed E-state index contributed by atoms with van der Waals surface area (Å²) in [5.41, 5.74) is 0. The number of nitrogens with zero attached hydrogens (tertiary/aromatic N) is 3. The average molecular weight is 277 g/mol. The van der Waals surface area contributed by atoms with Crippen LogP contribution in [-0.2, 0) is 21.1 Å². The van der Waals surface area contributed by atoms with Gasteiger partial charge in [-0.3, -0.25) is 0 Å². The molecule has 8 heavy (non-hydrogen) atoms. The first-order valence-corrected chi connectivity index (χ1v) is 1.81. The number of hydrogen-bond donors (Lipinski definition) is 0. The maximum atomic E-state index is 8.19. The fraction of sp³-hybridized carbons (Fsp3) is 0. The smallest absolute Gasteiger partial charge is 0.540 e. The van der Waals surface area contributed by atoms with Crippen molar-refractivity contribution in [2.75, 3.05) is 0 Å². The molecule has 1 rings (SSSR count). The Balaban J connectivity index is 0.000000490. The van der Waals surface area contributed by atoms with E-state index in [4.69, 9.17) is 5.41 Å². The van der Waals surface area contributed by atoms with Crippen LogP contribution in [0.2, 0.25) is 0 Å². The molecule has 0 bridgehead atoms. The van der Waals surface area contributed by atoms with E-state index in [-0.39, 0.29) is 21.1 Å². The van der Waals surface area contributed by atoms with Crippen LogP contribution in [0.15, 0.2) is 12.4 Å². The van der Waals surface area contributed by atoms with Gasteiger partial charge < -0.3 is 15.0 Å². The van der Waals surface area contributed by atoms with Gasteiger partial charge in [0.05, 0.1) is 0 Å². The molecule has 1 aromatic heterocycles. The summed E-state index contributed by atoms with van der Waals surface area (Å²) in [5.74, 6) is 0. The Morgan fingerprint density at radius 1 is 1.75 bits per heavy atom. The Kier molecular flexibility index (Phi) is 3.36. The first-order valence-electron chi connectivity index (χ1n) is 1.81. The molecule has 1 heterocycles. The fourth-order valence-corrected chi connectivity index (χ4v) is 0.303. The van der Waals surface area contributed by atoms with Crippen molar-refractivity contribution in [2.24, 2.45) is 0 Å². The molecule has 0 radical (unpaired) electrons. The summed E-state index contributed by atoms with van der Waals surface area (Å²) in [6.07, 6.45) is 6.45. The second kappa shape index (κ2) is 3.56. The maximum Gasteiger partial charge on any atom is 2.00 e. The minimum atomic E-state index is 0. The fourth-order valence-electron chi connectivity index (χ4n) is 0.303. The van der Waals surface area contributed by atoms with Crippen LogP contribution in [-0.4, -0.2) is 15.9 Å². The van der Waals surface area contributed by atoms with Crippen LogP contribution in [0.25, 0.3) is 5.41 Å². The van der Waals surface area contributed by atoms with Gasteiger partial charge >= 0.3 is 21.1 Å². The Labute approximate surface area is 61.5 Å². The molecule has 1 aromatic rings. The predicted octanol–water partition coefficient (Wildman–Crippen LogP) is 0.127. The first-order chi connectivity index (χ1) is 3.43. The molecule has 3 nitrogen and oxygen atoms in total. The molecule has 4 heteroatoms. The maximum absolute atomic E-state index is 8.19. The van der Waals surface area contributed by atoms with Gasteiger partial charge in [0.15, 0.2) is 0 Å². The summed E-state index contributed by atoms with van der Waals surface area (Å²) in [4.78, 5) is 3.54. The number of rotatable bonds is 1. The molecular formula is C4H3N3W. The molecule has 0 aliphatic heterocycles. The standard InChI is InChI=1S/C4H3N3.W/c5-3-7-2-1-6-4-7;/h1-3H;/q-2;+2.